The molecular weight excluding hydrogens is 348 g/mol. The molecule has 0 bridgehead atoms. The van der Waals surface area contributed by atoms with Gasteiger partial charge in [0.15, 0.2) is 11.6 Å². The summed E-state index contributed by atoms with van der Waals surface area (Å²) in [5.41, 5.74) is 13.3. The van der Waals surface area contributed by atoms with Crippen molar-refractivity contribution in [2.24, 2.45) is 5.92 Å². The van der Waals surface area contributed by atoms with E-state index >= 15 is 0 Å². The predicted molar refractivity (Wildman–Crippen MR) is 101 cm³/mol. The van der Waals surface area contributed by atoms with Gasteiger partial charge in [-0.2, -0.15) is 0 Å². The van der Waals surface area contributed by atoms with Crippen molar-refractivity contribution in [3.63, 3.8) is 0 Å². The molecule has 1 aliphatic rings. The summed E-state index contributed by atoms with van der Waals surface area (Å²) >= 11 is 0. The Kier molecular flexibility index (Phi) is 5.39. The highest BCUT2D eigenvalue weighted by Gasteiger charge is 2.26. The number of nitrogens with one attached hydrogen (secondary N) is 2. The predicted octanol–water partition coefficient (Wildman–Crippen LogP) is 1.43. The minimum Gasteiger partial charge on any atom is -0.481 e. The van der Waals surface area contributed by atoms with Gasteiger partial charge < -0.3 is 15.7 Å². The fourth-order valence-electron chi connectivity index (χ4n) is 2.97. The summed E-state index contributed by atoms with van der Waals surface area (Å²) in [6.45, 7) is 3.04. The lowest BCUT2D eigenvalue weighted by molar-refractivity contribution is -0.142. The molecule has 0 radical (unpaired) electrons. The number of aryl methyl sites for hydroxylation is 1. The van der Waals surface area contributed by atoms with Crippen molar-refractivity contribution in [1.29, 1.82) is 0 Å². The maximum Gasteiger partial charge on any atom is 0.306 e. The van der Waals surface area contributed by atoms with Gasteiger partial charge in [-0.3, -0.25) is 20.4 Å². The van der Waals surface area contributed by atoms with E-state index in [1.54, 1.807) is 12.1 Å². The van der Waals surface area contributed by atoms with E-state index in [1.165, 1.54) is 6.33 Å². The number of aromatic nitrogens is 2. The number of amides is 1. The molecule has 0 atom stereocenters. The van der Waals surface area contributed by atoms with Crippen LogP contribution in [0.1, 0.15) is 28.8 Å². The van der Waals surface area contributed by atoms with Crippen LogP contribution in [0.2, 0.25) is 0 Å². The van der Waals surface area contributed by atoms with Gasteiger partial charge in [0.05, 0.1) is 5.92 Å². The Hall–Kier alpha value is -3.36. The number of carbonyl (C=O) groups excluding carboxylic acids is 1. The second-order valence-electron chi connectivity index (χ2n) is 6.50. The zero-order chi connectivity index (χ0) is 19.4. The molecule has 1 saturated heterocycles. The zero-order valence-corrected chi connectivity index (χ0v) is 15.0. The summed E-state index contributed by atoms with van der Waals surface area (Å²) in [7, 11) is 0. The van der Waals surface area contributed by atoms with Crippen LogP contribution in [-0.4, -0.2) is 40.0 Å². The molecule has 1 fully saturated rings. The van der Waals surface area contributed by atoms with Gasteiger partial charge in [-0.15, -0.1) is 0 Å². The first-order chi connectivity index (χ1) is 13.0. The SMILES string of the molecule is Cc1ccc(C(=O)NNc2ncnc(N3CCC(C(=O)O)CC3)c2N)cc1. The highest BCUT2D eigenvalue weighted by atomic mass is 16.4. The van der Waals surface area contributed by atoms with Crippen molar-refractivity contribution in [3.8, 4) is 0 Å². The lowest BCUT2D eigenvalue weighted by atomic mass is 9.97. The minimum atomic E-state index is -0.772. The Balaban J connectivity index is 1.65. The number of carboxylic acids is 1. The van der Waals surface area contributed by atoms with Gasteiger partial charge in [0.1, 0.15) is 12.0 Å². The average molecular weight is 370 g/mol. The molecule has 27 heavy (non-hydrogen) atoms. The number of nitrogen functional groups attached to an aromatic ring is 1. The Bertz CT molecular complexity index is 831. The number of nitrogens with zero attached hydrogens (tertiary/aromatic N) is 3. The lowest BCUT2D eigenvalue weighted by Crippen LogP contribution is -2.37. The van der Waals surface area contributed by atoms with Crippen LogP contribution in [0, 0.1) is 12.8 Å². The second-order valence-corrected chi connectivity index (χ2v) is 6.50. The molecule has 0 spiro atoms. The topological polar surface area (TPSA) is 133 Å². The smallest absolute Gasteiger partial charge is 0.306 e. The molecule has 2 aromatic rings. The monoisotopic (exact) mass is 370 g/mol. The van der Waals surface area contributed by atoms with Gasteiger partial charge in [-0.05, 0) is 31.9 Å². The molecule has 3 rings (SSSR count). The third kappa shape index (κ3) is 4.25. The number of nitrogens with two attached hydrogens (primary N) is 1. The molecule has 2 heterocycles. The molecule has 9 heteroatoms. The first-order valence-electron chi connectivity index (χ1n) is 8.67. The fourth-order valence-corrected chi connectivity index (χ4v) is 2.97. The van der Waals surface area contributed by atoms with Crippen molar-refractivity contribution < 1.29 is 14.7 Å². The molecule has 1 amide bonds. The molecule has 0 unspecified atom stereocenters. The van der Waals surface area contributed by atoms with E-state index in [9.17, 15) is 9.59 Å². The quantitative estimate of drug-likeness (QED) is 0.581. The van der Waals surface area contributed by atoms with E-state index in [4.69, 9.17) is 10.8 Å². The normalized spacial score (nSPS) is 14.6. The number of hydrazine groups is 1. The van der Waals surface area contributed by atoms with Crippen LogP contribution in [0.25, 0.3) is 0 Å². The molecule has 0 saturated carbocycles. The molecule has 142 valence electrons. The third-order valence-corrected chi connectivity index (χ3v) is 4.61. The number of hydrogen-bond donors (Lipinski definition) is 4. The summed E-state index contributed by atoms with van der Waals surface area (Å²) in [5, 5.41) is 9.11. The number of anilines is 3. The summed E-state index contributed by atoms with van der Waals surface area (Å²) in [5.74, 6) is -0.597. The van der Waals surface area contributed by atoms with Gasteiger partial charge in [0, 0.05) is 18.7 Å². The second kappa shape index (κ2) is 7.90. The number of rotatable bonds is 5. The number of hydrogen-bond acceptors (Lipinski definition) is 7. The first-order valence-corrected chi connectivity index (χ1v) is 8.67. The Morgan fingerprint density at radius 3 is 2.48 bits per heavy atom. The number of aliphatic carboxylic acids is 1. The van der Waals surface area contributed by atoms with Crippen LogP contribution in [0.3, 0.4) is 0 Å². The fraction of sp³-hybridized carbons (Fsp3) is 0.333. The third-order valence-electron chi connectivity index (χ3n) is 4.61. The Morgan fingerprint density at radius 2 is 1.85 bits per heavy atom. The maximum atomic E-state index is 12.2. The lowest BCUT2D eigenvalue weighted by Gasteiger charge is -2.31. The van der Waals surface area contributed by atoms with Crippen molar-refractivity contribution in [2.75, 3.05) is 29.1 Å². The molecule has 1 aliphatic heterocycles. The zero-order valence-electron chi connectivity index (χ0n) is 15.0. The Morgan fingerprint density at radius 1 is 1.19 bits per heavy atom. The van der Waals surface area contributed by atoms with Crippen LogP contribution >= 0.6 is 0 Å². The average Bonchev–Trinajstić information content (AvgIpc) is 2.67. The van der Waals surface area contributed by atoms with Gasteiger partial charge in [0.2, 0.25) is 0 Å². The number of piperidine rings is 1. The maximum absolute atomic E-state index is 12.2. The van der Waals surface area contributed by atoms with Gasteiger partial charge in [-0.1, -0.05) is 17.7 Å². The van der Waals surface area contributed by atoms with E-state index in [2.05, 4.69) is 20.8 Å². The van der Waals surface area contributed by atoms with E-state index < -0.39 is 5.97 Å². The molecule has 1 aromatic carbocycles. The molecule has 1 aromatic heterocycles. The van der Waals surface area contributed by atoms with Crippen molar-refractivity contribution in [3.05, 3.63) is 41.7 Å². The molecule has 0 aliphatic carbocycles. The highest BCUT2D eigenvalue weighted by molar-refractivity contribution is 5.95. The number of benzene rings is 1. The molecular formula is C18H22N6O3. The number of carboxylic acid groups (broad SMARTS) is 1. The number of carbonyl (C=O) groups is 2. The summed E-state index contributed by atoms with van der Waals surface area (Å²) in [6.07, 6.45) is 2.42. The molecule has 5 N–H and O–H groups in total. The highest BCUT2D eigenvalue weighted by Crippen LogP contribution is 2.29. The standard InChI is InChI=1S/C18H22N6O3/c1-11-2-4-12(5-3-11)17(25)23-22-15-14(19)16(21-10-20-15)24-8-6-13(7-9-24)18(26)27/h2-5,10,13H,6-9,19H2,1H3,(H,23,25)(H,26,27)(H,20,21,22). The molecule has 9 nitrogen and oxygen atoms in total. The van der Waals surface area contributed by atoms with Crippen molar-refractivity contribution in [2.45, 2.75) is 19.8 Å². The van der Waals surface area contributed by atoms with Crippen LogP contribution in [-0.2, 0) is 4.79 Å². The van der Waals surface area contributed by atoms with Gasteiger partial charge in [0.25, 0.3) is 5.91 Å². The minimum absolute atomic E-state index is 0.292. The van der Waals surface area contributed by atoms with Crippen molar-refractivity contribution in [1.82, 2.24) is 15.4 Å². The van der Waals surface area contributed by atoms with E-state index in [1.807, 2.05) is 24.0 Å². The van der Waals surface area contributed by atoms with Crippen LogP contribution in [0.5, 0.6) is 0 Å². The van der Waals surface area contributed by atoms with Crippen LogP contribution in [0.4, 0.5) is 17.3 Å². The van der Waals surface area contributed by atoms with Gasteiger partial charge >= 0.3 is 5.97 Å². The summed E-state index contributed by atoms with van der Waals surface area (Å²) < 4.78 is 0. The summed E-state index contributed by atoms with van der Waals surface area (Å²) in [6, 6.07) is 7.17. The van der Waals surface area contributed by atoms with Crippen LogP contribution in [0.15, 0.2) is 30.6 Å². The van der Waals surface area contributed by atoms with Gasteiger partial charge in [-0.25, -0.2) is 9.97 Å². The van der Waals surface area contributed by atoms with Crippen molar-refractivity contribution >= 4 is 29.2 Å². The largest absolute Gasteiger partial charge is 0.481 e. The first kappa shape index (κ1) is 18.4. The van der Waals surface area contributed by atoms with E-state index in [-0.39, 0.29) is 11.8 Å². The Labute approximate surface area is 156 Å². The van der Waals surface area contributed by atoms with Crippen LogP contribution < -0.4 is 21.5 Å². The van der Waals surface area contributed by atoms with E-state index in [0.29, 0.717) is 48.8 Å². The summed E-state index contributed by atoms with van der Waals surface area (Å²) in [4.78, 5) is 33.5. The van der Waals surface area contributed by atoms with E-state index in [0.717, 1.165) is 5.56 Å².